The molecule has 0 aromatic heterocycles. The van der Waals surface area contributed by atoms with Crippen molar-refractivity contribution in [1.29, 1.82) is 0 Å². The largest absolute Gasteiger partial charge is 0.482 e. The fourth-order valence-corrected chi connectivity index (χ4v) is 2.60. The van der Waals surface area contributed by atoms with Crippen LogP contribution in [0.1, 0.15) is 36.5 Å². The summed E-state index contributed by atoms with van der Waals surface area (Å²) in [5.74, 6) is -0.586. The monoisotopic (exact) mass is 373 g/mol. The van der Waals surface area contributed by atoms with Crippen LogP contribution < -0.4 is 10.1 Å². The van der Waals surface area contributed by atoms with Crippen LogP contribution in [0.25, 0.3) is 0 Å². The molecular weight excluding hydrogens is 349 g/mol. The van der Waals surface area contributed by atoms with Crippen LogP contribution >= 0.6 is 0 Å². The first kappa shape index (κ1) is 20.4. The average Bonchev–Trinajstić information content (AvgIpc) is 2.63. The maximum Gasteiger partial charge on any atom is 0.344 e. The maximum absolute atomic E-state index is 13.5. The summed E-state index contributed by atoms with van der Waals surface area (Å²) in [7, 11) is 0. The van der Waals surface area contributed by atoms with Gasteiger partial charge >= 0.3 is 5.97 Å². The molecule has 0 aliphatic rings. The van der Waals surface area contributed by atoms with Gasteiger partial charge in [-0.2, -0.15) is 0 Å². The van der Waals surface area contributed by atoms with Crippen LogP contribution in [0.15, 0.2) is 42.5 Å². The van der Waals surface area contributed by atoms with E-state index in [-0.39, 0.29) is 13.2 Å². The number of hydrogen-bond acceptors (Lipinski definition) is 4. The van der Waals surface area contributed by atoms with E-state index in [1.807, 2.05) is 19.1 Å². The molecule has 2 rings (SSSR count). The highest BCUT2D eigenvalue weighted by atomic mass is 19.1. The molecule has 0 unspecified atom stereocenters. The third kappa shape index (κ3) is 6.40. The standard InChI is InChI=1S/C21H24FNO4/c1-14(2)18-9-8-17(10-15(18)3)26-13-21(25)27-12-20(24)23-11-16-6-4-5-7-19(16)22/h4-10,14H,11-13H2,1-3H3,(H,23,24). The van der Waals surface area contributed by atoms with E-state index < -0.39 is 24.3 Å². The summed E-state index contributed by atoms with van der Waals surface area (Å²) in [6.45, 7) is 5.50. The van der Waals surface area contributed by atoms with Crippen LogP contribution in [0.3, 0.4) is 0 Å². The molecule has 0 bridgehead atoms. The summed E-state index contributed by atoms with van der Waals surface area (Å²) < 4.78 is 23.7. The Labute approximate surface area is 158 Å². The number of rotatable bonds is 8. The molecular formula is C21H24FNO4. The molecule has 0 spiro atoms. The van der Waals surface area contributed by atoms with Crippen molar-refractivity contribution in [1.82, 2.24) is 5.32 Å². The molecule has 6 heteroatoms. The highest BCUT2D eigenvalue weighted by molar-refractivity contribution is 5.80. The molecule has 0 saturated carbocycles. The van der Waals surface area contributed by atoms with Crippen LogP contribution in [0.2, 0.25) is 0 Å². The SMILES string of the molecule is Cc1cc(OCC(=O)OCC(=O)NCc2ccccc2F)ccc1C(C)C. The number of nitrogens with one attached hydrogen (secondary N) is 1. The predicted molar refractivity (Wildman–Crippen MR) is 100.0 cm³/mol. The summed E-state index contributed by atoms with van der Waals surface area (Å²) in [4.78, 5) is 23.4. The molecule has 2 aromatic carbocycles. The molecule has 0 atom stereocenters. The van der Waals surface area contributed by atoms with Crippen LogP contribution in [-0.2, 0) is 20.9 Å². The van der Waals surface area contributed by atoms with E-state index in [0.717, 1.165) is 5.56 Å². The van der Waals surface area contributed by atoms with Crippen molar-refractivity contribution in [2.45, 2.75) is 33.2 Å². The number of halogens is 1. The molecule has 0 fully saturated rings. The van der Waals surface area contributed by atoms with Gasteiger partial charge in [0.05, 0.1) is 0 Å². The number of carbonyl (C=O) groups excluding carboxylic acids is 2. The van der Waals surface area contributed by atoms with Crippen molar-refractivity contribution in [3.05, 3.63) is 65.0 Å². The van der Waals surface area contributed by atoms with Gasteiger partial charge in [0.2, 0.25) is 0 Å². The first-order chi connectivity index (χ1) is 12.9. The van der Waals surface area contributed by atoms with E-state index >= 15 is 0 Å². The highest BCUT2D eigenvalue weighted by Crippen LogP contribution is 2.23. The van der Waals surface area contributed by atoms with Crippen molar-refractivity contribution in [3.63, 3.8) is 0 Å². The fraction of sp³-hybridized carbons (Fsp3) is 0.333. The number of hydrogen-bond donors (Lipinski definition) is 1. The third-order valence-corrected chi connectivity index (χ3v) is 4.02. The second-order valence-corrected chi connectivity index (χ2v) is 6.49. The summed E-state index contributed by atoms with van der Waals surface area (Å²) >= 11 is 0. The van der Waals surface area contributed by atoms with Gasteiger partial charge in [0.15, 0.2) is 13.2 Å². The van der Waals surface area contributed by atoms with Crippen LogP contribution in [0.4, 0.5) is 4.39 Å². The Morgan fingerprint density at radius 1 is 1.11 bits per heavy atom. The van der Waals surface area contributed by atoms with Crippen LogP contribution in [0.5, 0.6) is 5.75 Å². The molecule has 27 heavy (non-hydrogen) atoms. The Hall–Kier alpha value is -2.89. The van der Waals surface area contributed by atoms with Crippen molar-refractivity contribution in [2.24, 2.45) is 0 Å². The Morgan fingerprint density at radius 3 is 2.52 bits per heavy atom. The lowest BCUT2D eigenvalue weighted by Gasteiger charge is -2.12. The molecule has 1 N–H and O–H groups in total. The van der Waals surface area contributed by atoms with Crippen LogP contribution in [0, 0.1) is 12.7 Å². The smallest absolute Gasteiger partial charge is 0.344 e. The summed E-state index contributed by atoms with van der Waals surface area (Å²) in [6.07, 6.45) is 0. The number of esters is 1. The zero-order valence-electron chi connectivity index (χ0n) is 15.8. The van der Waals surface area contributed by atoms with Gasteiger partial charge in [0.1, 0.15) is 11.6 Å². The lowest BCUT2D eigenvalue weighted by molar-refractivity contribution is -0.150. The van der Waals surface area contributed by atoms with E-state index in [0.29, 0.717) is 17.2 Å². The second kappa shape index (κ2) is 9.71. The van der Waals surface area contributed by atoms with Crippen LogP contribution in [-0.4, -0.2) is 25.1 Å². The van der Waals surface area contributed by atoms with E-state index in [9.17, 15) is 14.0 Å². The molecule has 0 radical (unpaired) electrons. The van der Waals surface area contributed by atoms with Crippen molar-refractivity contribution < 1.29 is 23.5 Å². The number of benzene rings is 2. The molecule has 0 aliphatic carbocycles. The summed E-state index contributed by atoms with van der Waals surface area (Å²) in [5.41, 5.74) is 2.67. The Bertz CT molecular complexity index is 805. The Balaban J connectivity index is 1.72. The minimum absolute atomic E-state index is 0.0288. The van der Waals surface area contributed by atoms with Crippen molar-refractivity contribution in [3.8, 4) is 5.75 Å². The quantitative estimate of drug-likeness (QED) is 0.720. The van der Waals surface area contributed by atoms with Gasteiger partial charge in [-0.3, -0.25) is 4.79 Å². The molecule has 2 aromatic rings. The van der Waals surface area contributed by atoms with E-state index in [4.69, 9.17) is 9.47 Å². The zero-order valence-corrected chi connectivity index (χ0v) is 15.8. The molecule has 144 valence electrons. The van der Waals surface area contributed by atoms with Gasteiger partial charge in [-0.15, -0.1) is 0 Å². The van der Waals surface area contributed by atoms with Gasteiger partial charge in [-0.25, -0.2) is 9.18 Å². The first-order valence-corrected chi connectivity index (χ1v) is 8.76. The minimum atomic E-state index is -0.651. The minimum Gasteiger partial charge on any atom is -0.482 e. The molecule has 0 heterocycles. The van der Waals surface area contributed by atoms with Crippen molar-refractivity contribution in [2.75, 3.05) is 13.2 Å². The number of amides is 1. The van der Waals surface area contributed by atoms with Gasteiger partial charge < -0.3 is 14.8 Å². The maximum atomic E-state index is 13.5. The highest BCUT2D eigenvalue weighted by Gasteiger charge is 2.10. The second-order valence-electron chi connectivity index (χ2n) is 6.49. The number of ether oxygens (including phenoxy) is 2. The normalized spacial score (nSPS) is 10.6. The lowest BCUT2D eigenvalue weighted by Crippen LogP contribution is -2.29. The summed E-state index contributed by atoms with van der Waals surface area (Å²) in [5, 5.41) is 2.50. The number of aryl methyl sites for hydroxylation is 1. The van der Waals surface area contributed by atoms with Gasteiger partial charge in [0.25, 0.3) is 5.91 Å². The Kier molecular flexibility index (Phi) is 7.34. The third-order valence-electron chi connectivity index (χ3n) is 4.02. The molecule has 5 nitrogen and oxygen atoms in total. The molecule has 1 amide bonds. The van der Waals surface area contributed by atoms with E-state index in [1.165, 1.54) is 11.6 Å². The Morgan fingerprint density at radius 2 is 1.85 bits per heavy atom. The summed E-state index contributed by atoms with van der Waals surface area (Å²) in [6, 6.07) is 11.8. The molecule has 0 aliphatic heterocycles. The van der Waals surface area contributed by atoms with Crippen molar-refractivity contribution >= 4 is 11.9 Å². The fourth-order valence-electron chi connectivity index (χ4n) is 2.60. The average molecular weight is 373 g/mol. The zero-order chi connectivity index (χ0) is 19.8. The topological polar surface area (TPSA) is 64.6 Å². The van der Waals surface area contributed by atoms with E-state index in [1.54, 1.807) is 24.3 Å². The lowest BCUT2D eigenvalue weighted by atomic mass is 9.98. The predicted octanol–water partition coefficient (Wildman–Crippen LogP) is 3.50. The van der Waals surface area contributed by atoms with Gasteiger partial charge in [-0.05, 0) is 42.2 Å². The van der Waals surface area contributed by atoms with E-state index in [2.05, 4.69) is 19.2 Å². The molecule has 0 saturated heterocycles. The number of carbonyl (C=O) groups is 2. The van der Waals surface area contributed by atoms with Gasteiger partial charge in [-0.1, -0.05) is 38.1 Å². The van der Waals surface area contributed by atoms with Gasteiger partial charge in [0, 0.05) is 12.1 Å². The first-order valence-electron chi connectivity index (χ1n) is 8.76.